The summed E-state index contributed by atoms with van der Waals surface area (Å²) in [4.78, 5) is 28.8. The number of rotatable bonds is 5. The van der Waals surface area contributed by atoms with Crippen LogP contribution in [-0.4, -0.2) is 48.6 Å². The molecule has 0 saturated carbocycles. The van der Waals surface area contributed by atoms with Crippen molar-refractivity contribution in [2.45, 2.75) is 12.8 Å². The molecule has 1 amide bonds. The van der Waals surface area contributed by atoms with E-state index in [4.69, 9.17) is 4.74 Å². The molecule has 3 heterocycles. The number of likely N-dealkylation sites (tertiary alicyclic amines) is 1. The Morgan fingerprint density at radius 2 is 1.82 bits per heavy atom. The molecule has 7 nitrogen and oxygen atoms in total. The molecule has 7 heteroatoms. The van der Waals surface area contributed by atoms with Crippen molar-refractivity contribution in [2.24, 2.45) is 0 Å². The minimum absolute atomic E-state index is 0.137. The molecule has 34 heavy (non-hydrogen) atoms. The van der Waals surface area contributed by atoms with Gasteiger partial charge < -0.3 is 24.8 Å². The highest BCUT2D eigenvalue weighted by Gasteiger charge is 2.26. The quantitative estimate of drug-likeness (QED) is 0.418. The monoisotopic (exact) mass is 454 g/mol. The van der Waals surface area contributed by atoms with Crippen molar-refractivity contribution in [3.05, 3.63) is 70.5 Å². The summed E-state index contributed by atoms with van der Waals surface area (Å²) in [5, 5.41) is 8.68. The average Bonchev–Trinajstić information content (AvgIpc) is 3.38. The summed E-state index contributed by atoms with van der Waals surface area (Å²) >= 11 is 0. The van der Waals surface area contributed by atoms with Crippen LogP contribution in [0.3, 0.4) is 0 Å². The summed E-state index contributed by atoms with van der Waals surface area (Å²) in [5.41, 5.74) is 2.09. The maximum atomic E-state index is 13.4. The number of benzene rings is 3. The van der Waals surface area contributed by atoms with Gasteiger partial charge in [0, 0.05) is 26.3 Å². The van der Waals surface area contributed by atoms with Gasteiger partial charge in [0.25, 0.3) is 5.91 Å². The van der Waals surface area contributed by atoms with Gasteiger partial charge in [-0.1, -0.05) is 24.3 Å². The Morgan fingerprint density at radius 3 is 2.59 bits per heavy atom. The van der Waals surface area contributed by atoms with Gasteiger partial charge in [-0.2, -0.15) is 0 Å². The van der Waals surface area contributed by atoms with Gasteiger partial charge in [0.05, 0.1) is 16.8 Å². The summed E-state index contributed by atoms with van der Waals surface area (Å²) in [6, 6.07) is 15.7. The predicted molar refractivity (Wildman–Crippen MR) is 135 cm³/mol. The molecule has 2 N–H and O–H groups in total. The normalized spacial score (nSPS) is 14.7. The Labute approximate surface area is 196 Å². The number of carbonyl (C=O) groups is 1. The molecule has 1 saturated heterocycles. The molecule has 3 aromatic carbocycles. The van der Waals surface area contributed by atoms with E-state index in [0.717, 1.165) is 41.8 Å². The highest BCUT2D eigenvalue weighted by atomic mass is 16.5. The molecule has 0 atom stereocenters. The third-order valence-electron chi connectivity index (χ3n) is 6.84. The molecule has 2 aliphatic rings. The lowest BCUT2D eigenvalue weighted by atomic mass is 10.0. The Bertz CT molecular complexity index is 1500. The van der Waals surface area contributed by atoms with Crippen LogP contribution in [0.1, 0.15) is 23.2 Å². The molecule has 2 aliphatic heterocycles. The van der Waals surface area contributed by atoms with E-state index < -0.39 is 0 Å². The van der Waals surface area contributed by atoms with Gasteiger partial charge in [0.2, 0.25) is 5.43 Å². The van der Waals surface area contributed by atoms with Crippen LogP contribution < -0.4 is 20.8 Å². The lowest BCUT2D eigenvalue weighted by Crippen LogP contribution is -2.36. The van der Waals surface area contributed by atoms with Crippen molar-refractivity contribution in [3.63, 3.8) is 0 Å². The van der Waals surface area contributed by atoms with Gasteiger partial charge >= 0.3 is 0 Å². The summed E-state index contributed by atoms with van der Waals surface area (Å²) in [6.45, 7) is 3.45. The zero-order valence-corrected chi connectivity index (χ0v) is 19.1. The average molecular weight is 455 g/mol. The first-order valence-electron chi connectivity index (χ1n) is 11.8. The number of anilines is 1. The molecule has 1 fully saturated rings. The first-order valence-corrected chi connectivity index (χ1v) is 11.8. The van der Waals surface area contributed by atoms with E-state index in [-0.39, 0.29) is 16.9 Å². The first-order chi connectivity index (χ1) is 16.6. The van der Waals surface area contributed by atoms with E-state index in [1.54, 1.807) is 12.3 Å². The number of pyridine rings is 1. The minimum Gasteiger partial charge on any atom is -0.451 e. The molecule has 6 rings (SSSR count). The van der Waals surface area contributed by atoms with Gasteiger partial charge in [-0.3, -0.25) is 9.59 Å². The van der Waals surface area contributed by atoms with Crippen LogP contribution in [0, 0.1) is 0 Å². The number of nitrogens with zero attached hydrogens (tertiary/aromatic N) is 2. The zero-order valence-electron chi connectivity index (χ0n) is 19.1. The van der Waals surface area contributed by atoms with Crippen LogP contribution in [0.5, 0.6) is 11.5 Å². The largest absolute Gasteiger partial charge is 0.451 e. The van der Waals surface area contributed by atoms with Gasteiger partial charge in [-0.25, -0.2) is 0 Å². The SMILES string of the molecule is CNc1ccc2c(=O)c(C(=O)NCCN3CCCC3)cn3c2c1Oc1cc2ccccc2cc1-3. The molecule has 1 aromatic heterocycles. The van der Waals surface area contributed by atoms with Crippen LogP contribution in [0.2, 0.25) is 0 Å². The molecular formula is C27H26N4O3. The molecule has 0 unspecified atom stereocenters. The number of nitrogens with one attached hydrogen (secondary N) is 2. The fraction of sp³-hybridized carbons (Fsp3) is 0.259. The first kappa shape index (κ1) is 20.7. The Hall–Kier alpha value is -3.84. The van der Waals surface area contributed by atoms with Crippen LogP contribution in [0.15, 0.2) is 59.5 Å². The van der Waals surface area contributed by atoms with Crippen molar-refractivity contribution in [2.75, 3.05) is 38.5 Å². The van der Waals surface area contributed by atoms with E-state index in [1.807, 2.05) is 54.1 Å². The maximum absolute atomic E-state index is 13.4. The van der Waals surface area contributed by atoms with Crippen molar-refractivity contribution in [1.82, 2.24) is 14.8 Å². The number of amides is 1. The van der Waals surface area contributed by atoms with E-state index >= 15 is 0 Å². The summed E-state index contributed by atoms with van der Waals surface area (Å²) in [6.07, 6.45) is 4.07. The highest BCUT2D eigenvalue weighted by molar-refractivity contribution is 6.01. The van der Waals surface area contributed by atoms with Gasteiger partial charge in [-0.05, 0) is 61.0 Å². The Kier molecular flexibility index (Phi) is 4.99. The second-order valence-corrected chi connectivity index (χ2v) is 8.90. The zero-order chi connectivity index (χ0) is 23.2. The van der Waals surface area contributed by atoms with E-state index in [0.29, 0.717) is 28.9 Å². The van der Waals surface area contributed by atoms with Crippen molar-refractivity contribution in [1.29, 1.82) is 0 Å². The second kappa shape index (κ2) is 8.18. The van der Waals surface area contributed by atoms with Crippen LogP contribution in [0.25, 0.3) is 27.4 Å². The Morgan fingerprint density at radius 1 is 1.06 bits per heavy atom. The molecule has 0 aliphatic carbocycles. The van der Waals surface area contributed by atoms with Crippen LogP contribution in [-0.2, 0) is 0 Å². The number of hydrogen-bond donors (Lipinski definition) is 2. The maximum Gasteiger partial charge on any atom is 0.256 e. The number of aromatic nitrogens is 1. The standard InChI is InChI=1S/C27H26N4O3/c1-28-21-9-8-19-24-26(21)34-23-15-18-7-3-2-6-17(18)14-22(23)31(24)16-20(25(19)32)27(33)29-10-13-30-11-4-5-12-30/h2-3,6-9,14-16,28H,4-5,10-13H2,1H3,(H,29,33). The molecule has 0 bridgehead atoms. The molecule has 0 spiro atoms. The molecule has 172 valence electrons. The second-order valence-electron chi connectivity index (χ2n) is 8.90. The van der Waals surface area contributed by atoms with Crippen LogP contribution in [0.4, 0.5) is 5.69 Å². The Balaban J connectivity index is 1.48. The summed E-state index contributed by atoms with van der Waals surface area (Å²) in [7, 11) is 1.82. The smallest absolute Gasteiger partial charge is 0.256 e. The number of fused-ring (bicyclic) bond motifs is 3. The minimum atomic E-state index is -0.345. The fourth-order valence-electron chi connectivity index (χ4n) is 5.06. The lowest BCUT2D eigenvalue weighted by Gasteiger charge is -2.26. The van der Waals surface area contributed by atoms with Gasteiger partial charge in [0.1, 0.15) is 11.1 Å². The fourth-order valence-corrected chi connectivity index (χ4v) is 5.06. The van der Waals surface area contributed by atoms with Crippen molar-refractivity contribution < 1.29 is 9.53 Å². The summed E-state index contributed by atoms with van der Waals surface area (Å²) in [5.74, 6) is 0.919. The topological polar surface area (TPSA) is 75.6 Å². The molecule has 0 radical (unpaired) electrons. The van der Waals surface area contributed by atoms with Crippen molar-refractivity contribution >= 4 is 33.3 Å². The lowest BCUT2D eigenvalue weighted by molar-refractivity contribution is 0.0948. The van der Waals surface area contributed by atoms with E-state index in [1.165, 1.54) is 12.8 Å². The highest BCUT2D eigenvalue weighted by Crippen LogP contribution is 2.45. The molecule has 4 aromatic rings. The third kappa shape index (κ3) is 3.31. The third-order valence-corrected chi connectivity index (χ3v) is 6.84. The number of carbonyl (C=O) groups excluding carboxylic acids is 1. The van der Waals surface area contributed by atoms with Gasteiger partial charge in [-0.15, -0.1) is 0 Å². The predicted octanol–water partition coefficient (Wildman–Crippen LogP) is 4.12. The van der Waals surface area contributed by atoms with Gasteiger partial charge in [0.15, 0.2) is 11.5 Å². The van der Waals surface area contributed by atoms with E-state index in [9.17, 15) is 9.59 Å². The van der Waals surface area contributed by atoms with Crippen molar-refractivity contribution in [3.8, 4) is 17.2 Å². The summed E-state index contributed by atoms with van der Waals surface area (Å²) < 4.78 is 8.25. The number of ether oxygens (including phenoxy) is 1. The number of hydrogen-bond acceptors (Lipinski definition) is 5. The molecular weight excluding hydrogens is 428 g/mol. The van der Waals surface area contributed by atoms with E-state index in [2.05, 4.69) is 15.5 Å². The van der Waals surface area contributed by atoms with Crippen LogP contribution >= 0.6 is 0 Å².